The standard InChI is InChI=1S/C19H27N5O/c1-14-9-10-15(17(11-14)23(2)3)12-20-19(25)21-13-16-7-6-8-18(22-16)24(4)5/h6-11H,12-13H2,1-5H3,(H2,20,21,25). The number of hydrogen-bond acceptors (Lipinski definition) is 4. The third kappa shape index (κ3) is 5.38. The molecule has 2 N–H and O–H groups in total. The van der Waals surface area contributed by atoms with Gasteiger partial charge in [0, 0.05) is 40.4 Å². The average molecular weight is 341 g/mol. The Morgan fingerprint density at radius 2 is 1.72 bits per heavy atom. The fraction of sp³-hybridized carbons (Fsp3) is 0.368. The van der Waals surface area contributed by atoms with Gasteiger partial charge >= 0.3 is 6.03 Å². The molecule has 0 atom stereocenters. The van der Waals surface area contributed by atoms with E-state index in [9.17, 15) is 4.79 Å². The fourth-order valence-corrected chi connectivity index (χ4v) is 2.46. The highest BCUT2D eigenvalue weighted by molar-refractivity contribution is 5.74. The van der Waals surface area contributed by atoms with Crippen molar-refractivity contribution in [3.8, 4) is 0 Å². The Labute approximate surface area is 149 Å². The van der Waals surface area contributed by atoms with Gasteiger partial charge in [0.15, 0.2) is 0 Å². The van der Waals surface area contributed by atoms with Crippen molar-refractivity contribution in [2.75, 3.05) is 38.0 Å². The fourth-order valence-electron chi connectivity index (χ4n) is 2.46. The van der Waals surface area contributed by atoms with E-state index in [4.69, 9.17) is 0 Å². The number of anilines is 2. The molecule has 2 amide bonds. The SMILES string of the molecule is Cc1ccc(CNC(=O)NCc2cccc(N(C)C)n2)c(N(C)C)c1. The summed E-state index contributed by atoms with van der Waals surface area (Å²) in [5.41, 5.74) is 4.22. The van der Waals surface area contributed by atoms with Crippen LogP contribution in [0.1, 0.15) is 16.8 Å². The van der Waals surface area contributed by atoms with E-state index in [1.165, 1.54) is 5.56 Å². The topological polar surface area (TPSA) is 60.5 Å². The van der Waals surface area contributed by atoms with Crippen LogP contribution in [0.4, 0.5) is 16.3 Å². The summed E-state index contributed by atoms with van der Waals surface area (Å²) in [5.74, 6) is 0.870. The lowest BCUT2D eigenvalue weighted by molar-refractivity contribution is 0.240. The second-order valence-corrected chi connectivity index (χ2v) is 6.44. The molecule has 2 rings (SSSR count). The molecule has 0 unspecified atom stereocenters. The minimum atomic E-state index is -0.206. The lowest BCUT2D eigenvalue weighted by atomic mass is 10.1. The van der Waals surface area contributed by atoms with Gasteiger partial charge in [-0.25, -0.2) is 9.78 Å². The molecule has 0 saturated heterocycles. The van der Waals surface area contributed by atoms with Crippen molar-refractivity contribution in [1.29, 1.82) is 0 Å². The third-order valence-electron chi connectivity index (χ3n) is 3.84. The van der Waals surface area contributed by atoms with E-state index >= 15 is 0 Å². The first kappa shape index (κ1) is 18.6. The van der Waals surface area contributed by atoms with Crippen LogP contribution in [0.3, 0.4) is 0 Å². The molecule has 0 aliphatic carbocycles. The normalized spacial score (nSPS) is 10.3. The summed E-state index contributed by atoms with van der Waals surface area (Å²) in [4.78, 5) is 20.6. The molecule has 0 radical (unpaired) electrons. The van der Waals surface area contributed by atoms with Crippen molar-refractivity contribution >= 4 is 17.5 Å². The van der Waals surface area contributed by atoms with E-state index in [2.05, 4.69) is 39.6 Å². The van der Waals surface area contributed by atoms with E-state index in [1.807, 2.05) is 57.4 Å². The molecule has 1 aromatic heterocycles. The number of pyridine rings is 1. The summed E-state index contributed by atoms with van der Waals surface area (Å²) in [6.45, 7) is 2.93. The Kier molecular flexibility index (Phi) is 6.22. The second kappa shape index (κ2) is 8.37. The lowest BCUT2D eigenvalue weighted by Crippen LogP contribution is -2.35. The average Bonchev–Trinajstić information content (AvgIpc) is 2.59. The molecule has 0 aliphatic rings. The molecule has 1 aromatic carbocycles. The number of urea groups is 1. The van der Waals surface area contributed by atoms with Gasteiger partial charge in [0.2, 0.25) is 0 Å². The Hall–Kier alpha value is -2.76. The summed E-state index contributed by atoms with van der Waals surface area (Å²) < 4.78 is 0. The highest BCUT2D eigenvalue weighted by Crippen LogP contribution is 2.20. The number of amides is 2. The van der Waals surface area contributed by atoms with Crippen LogP contribution in [0, 0.1) is 6.92 Å². The van der Waals surface area contributed by atoms with Crippen LogP contribution in [0.2, 0.25) is 0 Å². The molecule has 0 aliphatic heterocycles. The number of hydrogen-bond donors (Lipinski definition) is 2. The molecule has 134 valence electrons. The highest BCUT2D eigenvalue weighted by Gasteiger charge is 2.07. The zero-order valence-electron chi connectivity index (χ0n) is 15.6. The third-order valence-corrected chi connectivity index (χ3v) is 3.84. The molecule has 25 heavy (non-hydrogen) atoms. The Bertz CT molecular complexity index is 728. The first-order valence-corrected chi connectivity index (χ1v) is 8.28. The van der Waals surface area contributed by atoms with Gasteiger partial charge in [0.25, 0.3) is 0 Å². The number of rotatable bonds is 6. The van der Waals surface area contributed by atoms with Gasteiger partial charge in [0.05, 0.1) is 12.2 Å². The maximum atomic E-state index is 12.1. The quantitative estimate of drug-likeness (QED) is 0.848. The number of nitrogens with one attached hydrogen (secondary N) is 2. The second-order valence-electron chi connectivity index (χ2n) is 6.44. The zero-order valence-corrected chi connectivity index (χ0v) is 15.6. The first-order chi connectivity index (χ1) is 11.9. The van der Waals surface area contributed by atoms with E-state index in [0.717, 1.165) is 22.8 Å². The van der Waals surface area contributed by atoms with Gasteiger partial charge < -0.3 is 20.4 Å². The van der Waals surface area contributed by atoms with Gasteiger partial charge in [-0.2, -0.15) is 0 Å². The summed E-state index contributed by atoms with van der Waals surface area (Å²) in [6, 6.07) is 11.8. The van der Waals surface area contributed by atoms with Crippen molar-refractivity contribution in [3.05, 3.63) is 53.2 Å². The number of aromatic nitrogens is 1. The lowest BCUT2D eigenvalue weighted by Gasteiger charge is -2.18. The van der Waals surface area contributed by atoms with E-state index in [1.54, 1.807) is 0 Å². The predicted octanol–water partition coefficient (Wildman–Crippen LogP) is 2.52. The van der Waals surface area contributed by atoms with Crippen LogP contribution in [-0.4, -0.2) is 39.2 Å². The largest absolute Gasteiger partial charge is 0.377 e. The van der Waals surface area contributed by atoms with Gasteiger partial charge in [0.1, 0.15) is 5.82 Å². The Balaban J connectivity index is 1.90. The number of benzene rings is 1. The van der Waals surface area contributed by atoms with E-state index in [-0.39, 0.29) is 6.03 Å². The van der Waals surface area contributed by atoms with Crippen molar-refractivity contribution in [3.63, 3.8) is 0 Å². The highest BCUT2D eigenvalue weighted by atomic mass is 16.2. The minimum Gasteiger partial charge on any atom is -0.377 e. The van der Waals surface area contributed by atoms with Gasteiger partial charge in [-0.3, -0.25) is 0 Å². The molecule has 0 fully saturated rings. The number of carbonyl (C=O) groups excluding carboxylic acids is 1. The predicted molar refractivity (Wildman–Crippen MR) is 103 cm³/mol. The minimum absolute atomic E-state index is 0.206. The van der Waals surface area contributed by atoms with Crippen LogP contribution < -0.4 is 20.4 Å². The van der Waals surface area contributed by atoms with Gasteiger partial charge in [-0.15, -0.1) is 0 Å². The number of carbonyl (C=O) groups is 1. The van der Waals surface area contributed by atoms with Crippen molar-refractivity contribution < 1.29 is 4.79 Å². The van der Waals surface area contributed by atoms with Crippen LogP contribution in [0.25, 0.3) is 0 Å². The molecule has 0 bridgehead atoms. The summed E-state index contributed by atoms with van der Waals surface area (Å²) in [6.07, 6.45) is 0. The smallest absolute Gasteiger partial charge is 0.315 e. The Morgan fingerprint density at radius 1 is 1.00 bits per heavy atom. The monoisotopic (exact) mass is 341 g/mol. The first-order valence-electron chi connectivity index (χ1n) is 8.28. The van der Waals surface area contributed by atoms with Crippen molar-refractivity contribution in [2.24, 2.45) is 0 Å². The Morgan fingerprint density at radius 3 is 2.40 bits per heavy atom. The van der Waals surface area contributed by atoms with E-state index in [0.29, 0.717) is 13.1 Å². The molecule has 0 spiro atoms. The maximum absolute atomic E-state index is 12.1. The molecular formula is C19H27N5O. The van der Waals surface area contributed by atoms with Crippen LogP contribution in [-0.2, 0) is 13.1 Å². The zero-order chi connectivity index (χ0) is 18.4. The number of nitrogens with zero attached hydrogens (tertiary/aromatic N) is 3. The summed E-state index contributed by atoms with van der Waals surface area (Å²) in [5, 5.41) is 5.76. The molecule has 1 heterocycles. The summed E-state index contributed by atoms with van der Waals surface area (Å²) >= 11 is 0. The van der Waals surface area contributed by atoms with Crippen molar-refractivity contribution in [2.45, 2.75) is 20.0 Å². The van der Waals surface area contributed by atoms with Gasteiger partial charge in [-0.1, -0.05) is 18.2 Å². The van der Waals surface area contributed by atoms with Crippen molar-refractivity contribution in [1.82, 2.24) is 15.6 Å². The molecular weight excluding hydrogens is 314 g/mol. The molecule has 2 aromatic rings. The number of aryl methyl sites for hydroxylation is 1. The summed E-state index contributed by atoms with van der Waals surface area (Å²) in [7, 11) is 7.88. The maximum Gasteiger partial charge on any atom is 0.315 e. The van der Waals surface area contributed by atoms with Crippen LogP contribution >= 0.6 is 0 Å². The van der Waals surface area contributed by atoms with Crippen LogP contribution in [0.15, 0.2) is 36.4 Å². The molecule has 0 saturated carbocycles. The van der Waals surface area contributed by atoms with Gasteiger partial charge in [-0.05, 0) is 36.2 Å². The van der Waals surface area contributed by atoms with Crippen LogP contribution in [0.5, 0.6) is 0 Å². The molecule has 6 nitrogen and oxygen atoms in total. The van der Waals surface area contributed by atoms with E-state index < -0.39 is 0 Å². The molecule has 6 heteroatoms.